The van der Waals surface area contributed by atoms with Gasteiger partial charge in [0.2, 0.25) is 0 Å². The number of rotatable bonds is 7. The van der Waals surface area contributed by atoms with Crippen LogP contribution in [0.4, 0.5) is 0 Å². The molecular weight excluding hydrogens is 402 g/mol. The minimum Gasteiger partial charge on any atom is -0.469 e. The van der Waals surface area contributed by atoms with Gasteiger partial charge in [0, 0.05) is 19.0 Å². The van der Waals surface area contributed by atoms with Crippen LogP contribution < -0.4 is 5.32 Å². The molecule has 0 saturated heterocycles. The van der Waals surface area contributed by atoms with E-state index in [0.717, 1.165) is 19.3 Å². The Hall–Kier alpha value is -0.650. The molecule has 5 nitrogen and oxygen atoms in total. The van der Waals surface area contributed by atoms with E-state index in [4.69, 9.17) is 4.74 Å². The molecule has 4 aliphatic rings. The van der Waals surface area contributed by atoms with Crippen LogP contribution in [0.2, 0.25) is 0 Å². The second-order valence-corrected chi connectivity index (χ2v) is 12.3. The van der Waals surface area contributed by atoms with Gasteiger partial charge < -0.3 is 20.3 Å². The summed E-state index contributed by atoms with van der Waals surface area (Å²) in [7, 11) is 1.48. The third kappa shape index (κ3) is 4.15. The second-order valence-electron chi connectivity index (χ2n) is 12.3. The van der Waals surface area contributed by atoms with E-state index in [1.54, 1.807) is 0 Å². The van der Waals surface area contributed by atoms with Gasteiger partial charge in [-0.05, 0) is 104 Å². The lowest BCUT2D eigenvalue weighted by Crippen LogP contribution is -2.59. The highest BCUT2D eigenvalue weighted by molar-refractivity contribution is 5.69. The number of esters is 1. The number of hydrogen-bond acceptors (Lipinski definition) is 5. The molecule has 0 aromatic rings. The summed E-state index contributed by atoms with van der Waals surface area (Å²) in [5, 5.41) is 24.2. The van der Waals surface area contributed by atoms with Crippen molar-refractivity contribution in [3.63, 3.8) is 0 Å². The van der Waals surface area contributed by atoms with E-state index in [0.29, 0.717) is 65.3 Å². The standard InChI is InChI=1S/C27H47NO4/c1-17(5-8-24(31)32-4)20-6-7-21-25-22(10-12-27(20,21)3)26(2)11-9-19(28-13-14-29)15-18(26)16-23(25)30/h17-23,25,28-30H,5-16H2,1-4H3/t17-,18+,19+,20-,21?,22?,23?,25?,26+,27-/m1/s1. The zero-order valence-electron chi connectivity index (χ0n) is 20.8. The molecule has 0 bridgehead atoms. The lowest BCUT2D eigenvalue weighted by molar-refractivity contribution is -0.167. The van der Waals surface area contributed by atoms with Crippen molar-refractivity contribution in [2.75, 3.05) is 20.3 Å². The van der Waals surface area contributed by atoms with E-state index < -0.39 is 0 Å². The summed E-state index contributed by atoms with van der Waals surface area (Å²) in [6, 6.07) is 0.490. The summed E-state index contributed by atoms with van der Waals surface area (Å²) in [5.74, 6) is 3.36. The zero-order valence-corrected chi connectivity index (χ0v) is 20.8. The van der Waals surface area contributed by atoms with Crippen molar-refractivity contribution in [1.82, 2.24) is 5.32 Å². The topological polar surface area (TPSA) is 78.8 Å². The van der Waals surface area contributed by atoms with Crippen LogP contribution in [0.25, 0.3) is 0 Å². The number of fused-ring (bicyclic) bond motifs is 5. The molecule has 184 valence electrons. The highest BCUT2D eigenvalue weighted by atomic mass is 16.5. The van der Waals surface area contributed by atoms with Gasteiger partial charge in [0.1, 0.15) is 0 Å². The molecule has 4 fully saturated rings. The van der Waals surface area contributed by atoms with Crippen molar-refractivity contribution in [2.45, 2.75) is 97.1 Å². The molecule has 3 N–H and O–H groups in total. The number of aliphatic hydroxyl groups excluding tert-OH is 2. The van der Waals surface area contributed by atoms with Gasteiger partial charge in [0.25, 0.3) is 0 Å². The van der Waals surface area contributed by atoms with Crippen molar-refractivity contribution >= 4 is 5.97 Å². The van der Waals surface area contributed by atoms with Gasteiger partial charge in [0.05, 0.1) is 19.8 Å². The number of ether oxygens (including phenoxy) is 1. The van der Waals surface area contributed by atoms with Crippen LogP contribution >= 0.6 is 0 Å². The van der Waals surface area contributed by atoms with E-state index >= 15 is 0 Å². The molecule has 0 aliphatic heterocycles. The van der Waals surface area contributed by atoms with Crippen molar-refractivity contribution in [1.29, 1.82) is 0 Å². The summed E-state index contributed by atoms with van der Waals surface area (Å²) >= 11 is 0. The largest absolute Gasteiger partial charge is 0.469 e. The van der Waals surface area contributed by atoms with E-state index in [2.05, 4.69) is 26.1 Å². The smallest absolute Gasteiger partial charge is 0.305 e. The minimum atomic E-state index is -0.177. The number of hydrogen-bond donors (Lipinski definition) is 3. The molecule has 32 heavy (non-hydrogen) atoms. The van der Waals surface area contributed by atoms with Crippen LogP contribution in [0.5, 0.6) is 0 Å². The average molecular weight is 450 g/mol. The van der Waals surface area contributed by atoms with Crippen molar-refractivity contribution in [2.24, 2.45) is 46.3 Å². The number of carbonyl (C=O) groups excluding carboxylic acids is 1. The molecule has 0 aromatic heterocycles. The maximum absolute atomic E-state index is 11.7. The van der Waals surface area contributed by atoms with Gasteiger partial charge in [0.15, 0.2) is 0 Å². The molecule has 5 heteroatoms. The third-order valence-electron chi connectivity index (χ3n) is 11.0. The number of nitrogens with one attached hydrogen (secondary N) is 1. The fraction of sp³-hybridized carbons (Fsp3) is 0.963. The number of carbonyl (C=O) groups is 1. The first-order valence-electron chi connectivity index (χ1n) is 13.3. The highest BCUT2D eigenvalue weighted by Crippen LogP contribution is 2.68. The second kappa shape index (κ2) is 9.54. The Morgan fingerprint density at radius 3 is 2.53 bits per heavy atom. The quantitative estimate of drug-likeness (QED) is 0.509. The lowest BCUT2D eigenvalue weighted by atomic mass is 9.43. The van der Waals surface area contributed by atoms with Gasteiger partial charge in [-0.3, -0.25) is 4.79 Å². The van der Waals surface area contributed by atoms with Crippen LogP contribution in [0.15, 0.2) is 0 Å². The first kappa shape index (κ1) is 24.5. The lowest BCUT2D eigenvalue weighted by Gasteiger charge is -2.62. The van der Waals surface area contributed by atoms with Gasteiger partial charge in [-0.2, -0.15) is 0 Å². The maximum Gasteiger partial charge on any atom is 0.305 e. The average Bonchev–Trinajstić information content (AvgIpc) is 3.13. The van der Waals surface area contributed by atoms with Crippen LogP contribution in [0, 0.1) is 46.3 Å². The summed E-state index contributed by atoms with van der Waals surface area (Å²) < 4.78 is 4.88. The van der Waals surface area contributed by atoms with Crippen LogP contribution in [-0.4, -0.2) is 48.6 Å². The van der Waals surface area contributed by atoms with Gasteiger partial charge >= 0.3 is 5.97 Å². The fourth-order valence-corrected chi connectivity index (χ4v) is 9.30. The number of aliphatic hydroxyl groups is 2. The fourth-order valence-electron chi connectivity index (χ4n) is 9.30. The SMILES string of the molecule is COC(=O)CC[C@@H](C)[C@H]1CCC2C3C(O)C[C@@H]4C[C@@H](NCCO)CC[C@]4(C)C3CC[C@@]21C. The maximum atomic E-state index is 11.7. The van der Waals surface area contributed by atoms with Crippen LogP contribution in [-0.2, 0) is 9.53 Å². The first-order chi connectivity index (χ1) is 15.2. The number of methoxy groups -OCH3 is 1. The minimum absolute atomic E-state index is 0.0917. The van der Waals surface area contributed by atoms with Crippen LogP contribution in [0.1, 0.15) is 85.0 Å². The molecule has 4 aliphatic carbocycles. The Kier molecular flexibility index (Phi) is 7.30. The predicted octanol–water partition coefficient (Wildman–Crippen LogP) is 4.16. The summed E-state index contributed by atoms with van der Waals surface area (Å²) in [5.41, 5.74) is 0.637. The van der Waals surface area contributed by atoms with E-state index in [1.165, 1.54) is 45.6 Å². The molecule has 10 atom stereocenters. The monoisotopic (exact) mass is 449 g/mol. The molecule has 0 spiro atoms. The molecule has 0 amide bonds. The first-order valence-corrected chi connectivity index (χ1v) is 13.3. The van der Waals surface area contributed by atoms with Crippen molar-refractivity contribution in [3.8, 4) is 0 Å². The molecule has 4 saturated carbocycles. The molecule has 0 radical (unpaired) electrons. The molecule has 0 heterocycles. The van der Waals surface area contributed by atoms with E-state index in [1.807, 2.05) is 0 Å². The Morgan fingerprint density at radius 2 is 1.81 bits per heavy atom. The third-order valence-corrected chi connectivity index (χ3v) is 11.0. The Bertz CT molecular complexity index is 670. The molecular formula is C27H47NO4. The zero-order chi connectivity index (χ0) is 23.1. The highest BCUT2D eigenvalue weighted by Gasteiger charge is 2.62. The normalized spacial score (nSPS) is 46.6. The van der Waals surface area contributed by atoms with Gasteiger partial charge in [-0.1, -0.05) is 20.8 Å². The van der Waals surface area contributed by atoms with Crippen molar-refractivity contribution in [3.05, 3.63) is 0 Å². The molecule has 4 unspecified atom stereocenters. The predicted molar refractivity (Wildman–Crippen MR) is 126 cm³/mol. The molecule has 4 rings (SSSR count). The van der Waals surface area contributed by atoms with Crippen molar-refractivity contribution < 1.29 is 19.7 Å². The molecule has 0 aromatic carbocycles. The Labute approximate surface area is 195 Å². The Balaban J connectivity index is 1.48. The van der Waals surface area contributed by atoms with E-state index in [9.17, 15) is 15.0 Å². The summed E-state index contributed by atoms with van der Waals surface area (Å²) in [6.07, 6.45) is 10.8. The van der Waals surface area contributed by atoms with Gasteiger partial charge in [-0.15, -0.1) is 0 Å². The van der Waals surface area contributed by atoms with Gasteiger partial charge in [-0.25, -0.2) is 0 Å². The summed E-state index contributed by atoms with van der Waals surface area (Å²) in [4.78, 5) is 11.7. The summed E-state index contributed by atoms with van der Waals surface area (Å²) in [6.45, 7) is 8.27. The van der Waals surface area contributed by atoms with E-state index in [-0.39, 0.29) is 18.7 Å². The Morgan fingerprint density at radius 1 is 1.09 bits per heavy atom. The van der Waals surface area contributed by atoms with Crippen LogP contribution in [0.3, 0.4) is 0 Å².